The third-order valence-electron chi connectivity index (χ3n) is 4.69. The van der Waals surface area contributed by atoms with Gasteiger partial charge in [-0.15, -0.1) is 0 Å². The van der Waals surface area contributed by atoms with Crippen LogP contribution in [0.25, 0.3) is 6.08 Å². The number of nitrogens with zero attached hydrogens (tertiary/aromatic N) is 1. The average Bonchev–Trinajstić information content (AvgIpc) is 2.80. The smallest absolute Gasteiger partial charge is 0.339 e. The molecule has 3 aromatic carbocycles. The van der Waals surface area contributed by atoms with E-state index in [0.717, 1.165) is 4.90 Å². The Kier molecular flexibility index (Phi) is 6.43. The molecule has 4 amide bonds. The molecule has 8 nitrogen and oxygen atoms in total. The van der Waals surface area contributed by atoms with E-state index >= 15 is 0 Å². The summed E-state index contributed by atoms with van der Waals surface area (Å²) in [7, 11) is -4.02. The Labute approximate surface area is 204 Å². The van der Waals surface area contributed by atoms with E-state index in [1.807, 2.05) is 0 Å². The number of halogens is 2. The Hall–Kier alpha value is -3.66. The highest BCUT2D eigenvalue weighted by Gasteiger charge is 2.37. The van der Waals surface area contributed by atoms with Gasteiger partial charge in [0.25, 0.3) is 11.8 Å². The number of benzene rings is 3. The predicted molar refractivity (Wildman–Crippen MR) is 126 cm³/mol. The fourth-order valence-corrected chi connectivity index (χ4v) is 4.31. The number of rotatable bonds is 5. The van der Waals surface area contributed by atoms with Crippen molar-refractivity contribution in [2.24, 2.45) is 0 Å². The number of hydrogen-bond donors (Lipinski definition) is 1. The van der Waals surface area contributed by atoms with Gasteiger partial charge in [-0.2, -0.15) is 8.42 Å². The molecule has 0 radical (unpaired) electrons. The van der Waals surface area contributed by atoms with Crippen molar-refractivity contribution in [1.29, 1.82) is 0 Å². The molecular weight excluding hydrogens is 503 g/mol. The summed E-state index contributed by atoms with van der Waals surface area (Å²) in [5.41, 5.74) is 0.216. The van der Waals surface area contributed by atoms with Crippen LogP contribution in [0.5, 0.6) is 5.75 Å². The maximum atomic E-state index is 13.0. The van der Waals surface area contributed by atoms with Gasteiger partial charge < -0.3 is 4.18 Å². The zero-order valence-corrected chi connectivity index (χ0v) is 19.4. The van der Waals surface area contributed by atoms with E-state index in [1.165, 1.54) is 60.7 Å². The number of carbonyl (C=O) groups excluding carboxylic acids is 3. The molecule has 0 saturated carbocycles. The van der Waals surface area contributed by atoms with Gasteiger partial charge in [-0.3, -0.25) is 14.9 Å². The van der Waals surface area contributed by atoms with E-state index in [1.54, 1.807) is 18.2 Å². The summed E-state index contributed by atoms with van der Waals surface area (Å²) < 4.78 is 29.8. The minimum atomic E-state index is -4.02. The van der Waals surface area contributed by atoms with Gasteiger partial charge in [0.15, 0.2) is 0 Å². The van der Waals surface area contributed by atoms with Crippen LogP contribution >= 0.6 is 23.2 Å². The Morgan fingerprint density at radius 3 is 2.18 bits per heavy atom. The zero-order chi connectivity index (χ0) is 24.5. The summed E-state index contributed by atoms with van der Waals surface area (Å²) in [4.78, 5) is 38.3. The number of barbiturate groups is 1. The van der Waals surface area contributed by atoms with Crippen LogP contribution in [0.4, 0.5) is 10.5 Å². The lowest BCUT2D eigenvalue weighted by molar-refractivity contribution is -0.122. The topological polar surface area (TPSA) is 110 Å². The molecule has 11 heteroatoms. The molecule has 1 saturated heterocycles. The molecule has 3 aromatic rings. The molecule has 172 valence electrons. The average molecular weight is 517 g/mol. The first kappa shape index (κ1) is 23.5. The fourth-order valence-electron chi connectivity index (χ4n) is 3.06. The molecule has 1 aliphatic heterocycles. The van der Waals surface area contributed by atoms with Crippen molar-refractivity contribution in [3.8, 4) is 5.75 Å². The Morgan fingerprint density at radius 2 is 1.53 bits per heavy atom. The Morgan fingerprint density at radius 1 is 0.853 bits per heavy atom. The summed E-state index contributed by atoms with van der Waals surface area (Å²) in [6.07, 6.45) is 1.27. The quantitative estimate of drug-likeness (QED) is 0.305. The lowest BCUT2D eigenvalue weighted by atomic mass is 10.1. The van der Waals surface area contributed by atoms with Crippen LogP contribution in [-0.4, -0.2) is 26.3 Å². The van der Waals surface area contributed by atoms with Crippen LogP contribution in [0.15, 0.2) is 83.3 Å². The first-order valence-electron chi connectivity index (χ1n) is 9.62. The lowest BCUT2D eigenvalue weighted by Crippen LogP contribution is -2.54. The predicted octanol–water partition coefficient (Wildman–Crippen LogP) is 4.43. The number of imide groups is 2. The van der Waals surface area contributed by atoms with Gasteiger partial charge in [0.1, 0.15) is 16.2 Å². The van der Waals surface area contributed by atoms with Crippen LogP contribution in [0.2, 0.25) is 10.0 Å². The third kappa shape index (κ3) is 4.81. The summed E-state index contributed by atoms with van der Waals surface area (Å²) >= 11 is 11.9. The second-order valence-electron chi connectivity index (χ2n) is 6.98. The molecule has 1 heterocycles. The SMILES string of the molecule is O=C1NC(=O)N(c2ccc(Cl)c(Cl)c2)C(=O)/C1=C/c1ccc(OS(=O)(=O)c2ccccc2)cc1. The Bertz CT molecular complexity index is 1440. The van der Waals surface area contributed by atoms with E-state index in [-0.39, 0.29) is 32.0 Å². The minimum Gasteiger partial charge on any atom is -0.379 e. The fraction of sp³-hybridized carbons (Fsp3) is 0. The minimum absolute atomic E-state index is 0.00210. The van der Waals surface area contributed by atoms with Crippen LogP contribution in [0.1, 0.15) is 5.56 Å². The highest BCUT2D eigenvalue weighted by molar-refractivity contribution is 7.87. The first-order chi connectivity index (χ1) is 16.2. The van der Waals surface area contributed by atoms with Gasteiger partial charge in [-0.1, -0.05) is 53.5 Å². The van der Waals surface area contributed by atoms with Crippen molar-refractivity contribution in [1.82, 2.24) is 5.32 Å². The van der Waals surface area contributed by atoms with Crippen LogP contribution in [-0.2, 0) is 19.7 Å². The highest BCUT2D eigenvalue weighted by Crippen LogP contribution is 2.29. The molecule has 0 aromatic heterocycles. The molecule has 0 aliphatic carbocycles. The van der Waals surface area contributed by atoms with Gasteiger partial charge >= 0.3 is 16.1 Å². The van der Waals surface area contributed by atoms with E-state index < -0.39 is 28.0 Å². The molecule has 34 heavy (non-hydrogen) atoms. The van der Waals surface area contributed by atoms with Crippen LogP contribution in [0.3, 0.4) is 0 Å². The number of hydrogen-bond acceptors (Lipinski definition) is 6. The number of urea groups is 1. The van der Waals surface area contributed by atoms with Crippen molar-refractivity contribution in [3.63, 3.8) is 0 Å². The van der Waals surface area contributed by atoms with E-state index in [9.17, 15) is 22.8 Å². The molecule has 0 atom stereocenters. The number of nitrogens with one attached hydrogen (secondary N) is 1. The van der Waals surface area contributed by atoms with Crippen LogP contribution < -0.4 is 14.4 Å². The summed E-state index contributed by atoms with van der Waals surface area (Å²) in [5.74, 6) is -1.70. The molecular formula is C23H14Cl2N2O6S. The molecule has 0 unspecified atom stereocenters. The number of carbonyl (C=O) groups is 3. The number of amides is 4. The zero-order valence-electron chi connectivity index (χ0n) is 17.1. The van der Waals surface area contributed by atoms with Gasteiger partial charge in [0.05, 0.1) is 15.7 Å². The van der Waals surface area contributed by atoms with Crippen molar-refractivity contribution in [3.05, 3.63) is 94.0 Å². The maximum absolute atomic E-state index is 13.0. The maximum Gasteiger partial charge on any atom is 0.339 e. The summed E-state index contributed by atoms with van der Waals surface area (Å²) in [5, 5.41) is 2.47. The second kappa shape index (κ2) is 9.30. The van der Waals surface area contributed by atoms with E-state index in [2.05, 4.69) is 5.32 Å². The summed E-state index contributed by atoms with van der Waals surface area (Å²) in [6.45, 7) is 0. The summed E-state index contributed by atoms with van der Waals surface area (Å²) in [6, 6.07) is 16.5. The van der Waals surface area contributed by atoms with Gasteiger partial charge in [0.2, 0.25) is 0 Å². The molecule has 1 N–H and O–H groups in total. The molecule has 4 rings (SSSR count). The highest BCUT2D eigenvalue weighted by atomic mass is 35.5. The first-order valence-corrected chi connectivity index (χ1v) is 11.8. The van der Waals surface area contributed by atoms with E-state index in [4.69, 9.17) is 27.4 Å². The van der Waals surface area contributed by atoms with Crippen molar-refractivity contribution < 1.29 is 27.0 Å². The van der Waals surface area contributed by atoms with Gasteiger partial charge in [-0.05, 0) is 54.1 Å². The van der Waals surface area contributed by atoms with Gasteiger partial charge in [-0.25, -0.2) is 9.69 Å². The lowest BCUT2D eigenvalue weighted by Gasteiger charge is -2.26. The Balaban J connectivity index is 1.59. The van der Waals surface area contributed by atoms with Gasteiger partial charge in [0, 0.05) is 0 Å². The second-order valence-corrected chi connectivity index (χ2v) is 9.34. The molecule has 0 bridgehead atoms. The molecule has 1 fully saturated rings. The normalized spacial score (nSPS) is 15.4. The van der Waals surface area contributed by atoms with Crippen molar-refractivity contribution >= 4 is 62.9 Å². The monoisotopic (exact) mass is 516 g/mol. The van der Waals surface area contributed by atoms with Crippen LogP contribution in [0, 0.1) is 0 Å². The van der Waals surface area contributed by atoms with Crippen molar-refractivity contribution in [2.75, 3.05) is 4.90 Å². The van der Waals surface area contributed by atoms with E-state index in [0.29, 0.717) is 5.56 Å². The molecule has 0 spiro atoms. The molecule has 1 aliphatic rings. The number of anilines is 1. The third-order valence-corrected chi connectivity index (χ3v) is 6.69. The van der Waals surface area contributed by atoms with Crippen molar-refractivity contribution in [2.45, 2.75) is 4.90 Å². The largest absolute Gasteiger partial charge is 0.379 e. The standard InChI is InChI=1S/C23H14Cl2N2O6S/c24-19-11-8-15(13-20(19)25)27-22(29)18(21(28)26-23(27)30)12-14-6-9-16(10-7-14)33-34(31,32)17-4-2-1-3-5-17/h1-13H,(H,26,28,30)/b18-12+.